The van der Waals surface area contributed by atoms with Crippen molar-refractivity contribution in [3.8, 4) is 5.88 Å². The summed E-state index contributed by atoms with van der Waals surface area (Å²) in [5.41, 5.74) is 0.841. The van der Waals surface area contributed by atoms with E-state index in [1.54, 1.807) is 6.07 Å². The van der Waals surface area contributed by atoms with Gasteiger partial charge >= 0.3 is 0 Å². The third-order valence-electron chi connectivity index (χ3n) is 4.46. The number of ether oxygens (including phenoxy) is 1. The molecule has 0 amide bonds. The molecular weight excluding hydrogens is 267 g/mol. The second-order valence-electron chi connectivity index (χ2n) is 6.93. The van der Waals surface area contributed by atoms with Crippen molar-refractivity contribution in [2.24, 2.45) is 11.8 Å². The Labute approximate surface area is 126 Å². The lowest BCUT2D eigenvalue weighted by Crippen LogP contribution is -2.29. The molecule has 0 aromatic carbocycles. The van der Waals surface area contributed by atoms with E-state index in [0.29, 0.717) is 30.3 Å². The molecule has 2 atom stereocenters. The van der Waals surface area contributed by atoms with E-state index in [-0.39, 0.29) is 11.9 Å². The van der Waals surface area contributed by atoms with E-state index >= 15 is 0 Å². The predicted octanol–water partition coefficient (Wildman–Crippen LogP) is 3.68. The molecule has 0 spiro atoms. The van der Waals surface area contributed by atoms with Crippen molar-refractivity contribution in [3.63, 3.8) is 0 Å². The van der Waals surface area contributed by atoms with Gasteiger partial charge < -0.3 is 10.1 Å². The lowest BCUT2D eigenvalue weighted by Gasteiger charge is -2.31. The Morgan fingerprint density at radius 2 is 1.95 bits per heavy atom. The largest absolute Gasteiger partial charge is 0.474 e. The highest BCUT2D eigenvalue weighted by molar-refractivity contribution is 5.26. The molecule has 3 nitrogen and oxygen atoms in total. The zero-order chi connectivity index (χ0) is 14.8. The molecule has 116 valence electrons. The minimum Gasteiger partial charge on any atom is -0.474 e. The molecule has 1 heterocycles. The SMILES string of the molecule is CC1CC(C)CC(Oc2ncc(F)cc2CNC2CC2)C1. The van der Waals surface area contributed by atoms with Crippen molar-refractivity contribution in [1.29, 1.82) is 0 Å². The van der Waals surface area contributed by atoms with Crippen LogP contribution < -0.4 is 10.1 Å². The van der Waals surface area contributed by atoms with Crippen LogP contribution in [0.5, 0.6) is 5.88 Å². The summed E-state index contributed by atoms with van der Waals surface area (Å²) in [4.78, 5) is 4.18. The zero-order valence-corrected chi connectivity index (χ0v) is 12.9. The van der Waals surface area contributed by atoms with Crippen LogP contribution in [0.25, 0.3) is 0 Å². The van der Waals surface area contributed by atoms with Gasteiger partial charge in [0, 0.05) is 18.2 Å². The highest BCUT2D eigenvalue weighted by atomic mass is 19.1. The van der Waals surface area contributed by atoms with Crippen molar-refractivity contribution in [3.05, 3.63) is 23.6 Å². The Balaban J connectivity index is 1.67. The molecule has 0 saturated heterocycles. The first-order valence-electron chi connectivity index (χ1n) is 8.14. The van der Waals surface area contributed by atoms with Gasteiger partial charge in [-0.25, -0.2) is 9.37 Å². The van der Waals surface area contributed by atoms with Crippen LogP contribution in [-0.2, 0) is 6.54 Å². The summed E-state index contributed by atoms with van der Waals surface area (Å²) >= 11 is 0. The summed E-state index contributed by atoms with van der Waals surface area (Å²) in [5.74, 6) is 1.69. The fraction of sp³-hybridized carbons (Fsp3) is 0.706. The first-order chi connectivity index (χ1) is 10.1. The Bertz CT molecular complexity index is 480. The van der Waals surface area contributed by atoms with Crippen LogP contribution in [0.1, 0.15) is 51.5 Å². The van der Waals surface area contributed by atoms with E-state index in [4.69, 9.17) is 4.74 Å². The van der Waals surface area contributed by atoms with Gasteiger partial charge in [0.25, 0.3) is 0 Å². The van der Waals surface area contributed by atoms with Gasteiger partial charge in [-0.3, -0.25) is 0 Å². The van der Waals surface area contributed by atoms with Crippen molar-refractivity contribution in [2.75, 3.05) is 0 Å². The lowest BCUT2D eigenvalue weighted by atomic mass is 9.82. The van der Waals surface area contributed by atoms with Gasteiger partial charge in [-0.2, -0.15) is 0 Å². The Morgan fingerprint density at radius 1 is 1.24 bits per heavy atom. The maximum Gasteiger partial charge on any atom is 0.218 e. The molecule has 2 aliphatic rings. The highest BCUT2D eigenvalue weighted by Gasteiger charge is 2.27. The molecule has 1 aromatic rings. The number of halogens is 1. The maximum atomic E-state index is 13.4. The summed E-state index contributed by atoms with van der Waals surface area (Å²) in [6.45, 7) is 5.20. The van der Waals surface area contributed by atoms with E-state index in [1.807, 2.05) is 0 Å². The summed E-state index contributed by atoms with van der Waals surface area (Å²) in [6, 6.07) is 2.14. The van der Waals surface area contributed by atoms with E-state index in [9.17, 15) is 4.39 Å². The van der Waals surface area contributed by atoms with Crippen LogP contribution in [0.3, 0.4) is 0 Å². The number of aromatic nitrogens is 1. The smallest absolute Gasteiger partial charge is 0.218 e. The Hall–Kier alpha value is -1.16. The number of pyridine rings is 1. The molecule has 0 radical (unpaired) electrons. The molecule has 0 bridgehead atoms. The lowest BCUT2D eigenvalue weighted by molar-refractivity contribution is 0.0953. The number of nitrogens with one attached hydrogen (secondary N) is 1. The fourth-order valence-electron chi connectivity index (χ4n) is 3.37. The maximum absolute atomic E-state index is 13.4. The highest BCUT2D eigenvalue weighted by Crippen LogP contribution is 2.32. The number of hydrogen-bond donors (Lipinski definition) is 1. The van der Waals surface area contributed by atoms with Gasteiger partial charge in [0.1, 0.15) is 11.9 Å². The van der Waals surface area contributed by atoms with Crippen molar-refractivity contribution in [2.45, 2.75) is 64.6 Å². The number of nitrogens with zero attached hydrogens (tertiary/aromatic N) is 1. The molecule has 2 saturated carbocycles. The van der Waals surface area contributed by atoms with Gasteiger partial charge in [0.05, 0.1) is 6.20 Å². The Kier molecular flexibility index (Phi) is 4.43. The van der Waals surface area contributed by atoms with Gasteiger partial charge in [-0.15, -0.1) is 0 Å². The van der Waals surface area contributed by atoms with Crippen LogP contribution in [0, 0.1) is 17.7 Å². The average molecular weight is 292 g/mol. The van der Waals surface area contributed by atoms with Gasteiger partial charge in [0.15, 0.2) is 0 Å². The molecule has 4 heteroatoms. The summed E-state index contributed by atoms with van der Waals surface area (Å²) < 4.78 is 19.6. The minimum atomic E-state index is -0.291. The molecule has 2 fully saturated rings. The molecule has 3 rings (SSSR count). The van der Waals surface area contributed by atoms with Crippen molar-refractivity contribution in [1.82, 2.24) is 10.3 Å². The molecule has 2 unspecified atom stereocenters. The third-order valence-corrected chi connectivity index (χ3v) is 4.46. The number of rotatable bonds is 5. The van der Waals surface area contributed by atoms with Crippen LogP contribution in [0.15, 0.2) is 12.3 Å². The van der Waals surface area contributed by atoms with Crippen LogP contribution in [0.4, 0.5) is 4.39 Å². The molecular formula is C17H25FN2O. The van der Waals surface area contributed by atoms with Gasteiger partial charge in [-0.1, -0.05) is 13.8 Å². The summed E-state index contributed by atoms with van der Waals surface area (Å²) in [7, 11) is 0. The van der Waals surface area contributed by atoms with E-state index in [0.717, 1.165) is 18.4 Å². The Morgan fingerprint density at radius 3 is 2.62 bits per heavy atom. The average Bonchev–Trinajstić information content (AvgIpc) is 3.22. The first-order valence-corrected chi connectivity index (χ1v) is 8.14. The van der Waals surface area contributed by atoms with E-state index in [1.165, 1.54) is 25.5 Å². The summed E-state index contributed by atoms with van der Waals surface area (Å²) in [5, 5.41) is 3.41. The van der Waals surface area contributed by atoms with Crippen LogP contribution in [0.2, 0.25) is 0 Å². The molecule has 21 heavy (non-hydrogen) atoms. The van der Waals surface area contributed by atoms with Gasteiger partial charge in [-0.05, 0) is 50.0 Å². The summed E-state index contributed by atoms with van der Waals surface area (Å²) in [6.07, 6.45) is 7.31. The predicted molar refractivity (Wildman–Crippen MR) is 80.7 cm³/mol. The molecule has 1 N–H and O–H groups in total. The zero-order valence-electron chi connectivity index (χ0n) is 12.9. The second kappa shape index (κ2) is 6.30. The van der Waals surface area contributed by atoms with Crippen molar-refractivity contribution >= 4 is 0 Å². The van der Waals surface area contributed by atoms with Crippen LogP contribution in [-0.4, -0.2) is 17.1 Å². The second-order valence-corrected chi connectivity index (χ2v) is 6.93. The monoisotopic (exact) mass is 292 g/mol. The standard InChI is InChI=1S/C17H25FN2O/c1-11-5-12(2)7-16(6-11)21-17-13(8-14(18)10-20-17)9-19-15-3-4-15/h8,10-12,15-16,19H,3-7,9H2,1-2H3. The fourth-order valence-corrected chi connectivity index (χ4v) is 3.37. The van der Waals surface area contributed by atoms with Gasteiger partial charge in [0.2, 0.25) is 5.88 Å². The molecule has 2 aliphatic carbocycles. The van der Waals surface area contributed by atoms with E-state index < -0.39 is 0 Å². The first kappa shape index (κ1) is 14.8. The number of hydrogen-bond acceptors (Lipinski definition) is 3. The molecule has 1 aromatic heterocycles. The third kappa shape index (κ3) is 4.16. The quantitative estimate of drug-likeness (QED) is 0.899. The van der Waals surface area contributed by atoms with Crippen LogP contribution >= 0.6 is 0 Å². The topological polar surface area (TPSA) is 34.1 Å². The minimum absolute atomic E-state index is 0.210. The van der Waals surface area contributed by atoms with Crippen molar-refractivity contribution < 1.29 is 9.13 Å². The normalized spacial score (nSPS) is 29.4. The van der Waals surface area contributed by atoms with E-state index in [2.05, 4.69) is 24.1 Å². The molecule has 0 aliphatic heterocycles.